The first-order valence-electron chi connectivity index (χ1n) is 6.07. The zero-order chi connectivity index (χ0) is 14.1. The first-order valence-corrected chi connectivity index (χ1v) is 6.07. The minimum Gasteiger partial charge on any atom is -0.481 e. The molecule has 18 heavy (non-hydrogen) atoms. The SMILES string of the molecule is CCN(CC(C)C#N)C(=O)NC(C)CCC(=O)O. The van der Waals surface area contributed by atoms with Crippen molar-refractivity contribution >= 4 is 12.0 Å². The van der Waals surface area contributed by atoms with Gasteiger partial charge in [-0.2, -0.15) is 5.26 Å². The summed E-state index contributed by atoms with van der Waals surface area (Å²) in [5, 5.41) is 20.0. The normalized spacial score (nSPS) is 13.2. The number of carboxylic acids is 1. The number of aliphatic carboxylic acids is 1. The summed E-state index contributed by atoms with van der Waals surface area (Å²) < 4.78 is 0. The highest BCUT2D eigenvalue weighted by atomic mass is 16.4. The van der Waals surface area contributed by atoms with E-state index < -0.39 is 5.97 Å². The van der Waals surface area contributed by atoms with Crippen molar-refractivity contribution in [3.05, 3.63) is 0 Å². The number of amides is 2. The Morgan fingerprint density at radius 2 is 2.06 bits per heavy atom. The second kappa shape index (κ2) is 8.34. The van der Waals surface area contributed by atoms with Crippen molar-refractivity contribution in [1.29, 1.82) is 5.26 Å². The van der Waals surface area contributed by atoms with Gasteiger partial charge in [-0.1, -0.05) is 0 Å². The molecule has 0 aliphatic carbocycles. The van der Waals surface area contributed by atoms with Crippen LogP contribution in [0.5, 0.6) is 0 Å². The highest BCUT2D eigenvalue weighted by Crippen LogP contribution is 2.02. The number of carbonyl (C=O) groups excluding carboxylic acids is 1. The molecule has 2 N–H and O–H groups in total. The first kappa shape index (κ1) is 16.2. The fraction of sp³-hybridized carbons (Fsp3) is 0.750. The van der Waals surface area contributed by atoms with Crippen LogP contribution in [0.1, 0.15) is 33.6 Å². The number of nitrogens with zero attached hydrogens (tertiary/aromatic N) is 2. The van der Waals surface area contributed by atoms with Crippen LogP contribution < -0.4 is 5.32 Å². The summed E-state index contributed by atoms with van der Waals surface area (Å²) in [5.41, 5.74) is 0. The number of carboxylic acid groups (broad SMARTS) is 1. The van der Waals surface area contributed by atoms with Crippen LogP contribution in [-0.2, 0) is 4.79 Å². The van der Waals surface area contributed by atoms with Gasteiger partial charge in [-0.3, -0.25) is 4.79 Å². The molecule has 0 heterocycles. The molecular weight excluding hydrogens is 234 g/mol. The number of hydrogen-bond donors (Lipinski definition) is 2. The Labute approximate surface area is 108 Å². The lowest BCUT2D eigenvalue weighted by Gasteiger charge is -2.24. The zero-order valence-corrected chi connectivity index (χ0v) is 11.1. The predicted octanol–water partition coefficient (Wildman–Crippen LogP) is 1.43. The number of urea groups is 1. The maximum Gasteiger partial charge on any atom is 0.317 e. The van der Waals surface area contributed by atoms with Crippen LogP contribution in [0.15, 0.2) is 0 Å². The number of carbonyl (C=O) groups is 2. The number of nitrogens with one attached hydrogen (secondary N) is 1. The largest absolute Gasteiger partial charge is 0.481 e. The minimum atomic E-state index is -0.874. The van der Waals surface area contributed by atoms with E-state index in [2.05, 4.69) is 11.4 Å². The van der Waals surface area contributed by atoms with Crippen LogP contribution in [-0.4, -0.2) is 41.1 Å². The summed E-state index contributed by atoms with van der Waals surface area (Å²) in [7, 11) is 0. The molecule has 0 aromatic rings. The standard InChI is InChI=1S/C12H21N3O3/c1-4-15(8-9(2)7-13)12(18)14-10(3)5-6-11(16)17/h9-10H,4-6,8H2,1-3H3,(H,14,18)(H,16,17). The molecule has 0 rings (SSSR count). The Kier molecular flexibility index (Phi) is 7.52. The lowest BCUT2D eigenvalue weighted by molar-refractivity contribution is -0.137. The smallest absolute Gasteiger partial charge is 0.317 e. The fourth-order valence-electron chi connectivity index (χ4n) is 1.44. The lowest BCUT2D eigenvalue weighted by atomic mass is 10.2. The van der Waals surface area contributed by atoms with Gasteiger partial charge in [0.05, 0.1) is 12.0 Å². The van der Waals surface area contributed by atoms with Gasteiger partial charge in [0.15, 0.2) is 0 Å². The molecule has 0 aliphatic heterocycles. The van der Waals surface area contributed by atoms with Gasteiger partial charge in [0.25, 0.3) is 0 Å². The molecule has 6 heteroatoms. The average Bonchev–Trinajstić information content (AvgIpc) is 2.32. The average molecular weight is 255 g/mol. The molecule has 0 spiro atoms. The minimum absolute atomic E-state index is 0.0299. The molecule has 2 atom stereocenters. The molecule has 0 saturated heterocycles. The molecule has 0 radical (unpaired) electrons. The molecule has 0 saturated carbocycles. The molecular formula is C12H21N3O3. The Balaban J connectivity index is 4.18. The van der Waals surface area contributed by atoms with E-state index in [4.69, 9.17) is 10.4 Å². The van der Waals surface area contributed by atoms with Crippen molar-refractivity contribution in [2.45, 2.75) is 39.7 Å². The summed E-state index contributed by atoms with van der Waals surface area (Å²) in [6.45, 7) is 6.26. The van der Waals surface area contributed by atoms with Crippen LogP contribution in [0.25, 0.3) is 0 Å². The van der Waals surface area contributed by atoms with Crippen LogP contribution in [0, 0.1) is 17.2 Å². The van der Waals surface area contributed by atoms with Gasteiger partial charge in [0.2, 0.25) is 0 Å². The van der Waals surface area contributed by atoms with Crippen molar-refractivity contribution in [2.24, 2.45) is 5.92 Å². The molecule has 0 aromatic heterocycles. The molecule has 0 fully saturated rings. The third kappa shape index (κ3) is 6.74. The van der Waals surface area contributed by atoms with Gasteiger partial charge in [0, 0.05) is 25.6 Å². The van der Waals surface area contributed by atoms with Crippen LogP contribution in [0.3, 0.4) is 0 Å². The van der Waals surface area contributed by atoms with E-state index in [1.807, 2.05) is 6.92 Å². The summed E-state index contributed by atoms with van der Waals surface area (Å²) in [4.78, 5) is 23.8. The quantitative estimate of drug-likeness (QED) is 0.719. The highest BCUT2D eigenvalue weighted by Gasteiger charge is 2.16. The maximum absolute atomic E-state index is 11.8. The lowest BCUT2D eigenvalue weighted by Crippen LogP contribution is -2.45. The highest BCUT2D eigenvalue weighted by molar-refractivity contribution is 5.74. The Hall–Kier alpha value is -1.77. The zero-order valence-electron chi connectivity index (χ0n) is 11.1. The van der Waals surface area contributed by atoms with Gasteiger partial charge in [-0.05, 0) is 27.2 Å². The Bertz CT molecular complexity index is 325. The van der Waals surface area contributed by atoms with Gasteiger partial charge in [-0.25, -0.2) is 4.79 Å². The first-order chi connectivity index (χ1) is 8.40. The summed E-state index contributed by atoms with van der Waals surface area (Å²) in [5.74, 6) is -1.09. The third-order valence-electron chi connectivity index (χ3n) is 2.54. The molecule has 0 bridgehead atoms. The van der Waals surface area contributed by atoms with E-state index in [0.29, 0.717) is 19.5 Å². The van der Waals surface area contributed by atoms with Crippen LogP contribution in [0.2, 0.25) is 0 Å². The second-order valence-electron chi connectivity index (χ2n) is 4.35. The van der Waals surface area contributed by atoms with Crippen LogP contribution >= 0.6 is 0 Å². The monoisotopic (exact) mass is 255 g/mol. The summed E-state index contributed by atoms with van der Waals surface area (Å²) in [6, 6.07) is 1.63. The molecule has 2 unspecified atom stereocenters. The van der Waals surface area contributed by atoms with Crippen molar-refractivity contribution < 1.29 is 14.7 Å². The van der Waals surface area contributed by atoms with E-state index in [9.17, 15) is 9.59 Å². The number of nitriles is 1. The van der Waals surface area contributed by atoms with Crippen molar-refractivity contribution in [2.75, 3.05) is 13.1 Å². The van der Waals surface area contributed by atoms with Crippen molar-refractivity contribution in [3.63, 3.8) is 0 Å². The third-order valence-corrected chi connectivity index (χ3v) is 2.54. The Morgan fingerprint density at radius 3 is 2.50 bits per heavy atom. The maximum atomic E-state index is 11.8. The second-order valence-corrected chi connectivity index (χ2v) is 4.35. The number of rotatable bonds is 7. The summed E-state index contributed by atoms with van der Waals surface area (Å²) in [6.07, 6.45) is 0.425. The van der Waals surface area contributed by atoms with E-state index in [-0.39, 0.29) is 24.4 Å². The van der Waals surface area contributed by atoms with Gasteiger partial charge >= 0.3 is 12.0 Å². The van der Waals surface area contributed by atoms with Gasteiger partial charge in [0.1, 0.15) is 0 Å². The Morgan fingerprint density at radius 1 is 1.44 bits per heavy atom. The van der Waals surface area contributed by atoms with E-state index in [1.54, 1.807) is 18.7 Å². The van der Waals surface area contributed by atoms with E-state index >= 15 is 0 Å². The molecule has 0 aliphatic rings. The van der Waals surface area contributed by atoms with Gasteiger partial charge < -0.3 is 15.3 Å². The molecule has 2 amide bonds. The van der Waals surface area contributed by atoms with E-state index in [0.717, 1.165) is 0 Å². The van der Waals surface area contributed by atoms with Crippen molar-refractivity contribution in [3.8, 4) is 6.07 Å². The van der Waals surface area contributed by atoms with Crippen molar-refractivity contribution in [1.82, 2.24) is 10.2 Å². The molecule has 6 nitrogen and oxygen atoms in total. The molecule has 0 aromatic carbocycles. The van der Waals surface area contributed by atoms with Gasteiger partial charge in [-0.15, -0.1) is 0 Å². The predicted molar refractivity (Wildman–Crippen MR) is 66.9 cm³/mol. The number of hydrogen-bond acceptors (Lipinski definition) is 3. The fourth-order valence-corrected chi connectivity index (χ4v) is 1.44. The molecule has 102 valence electrons. The summed E-state index contributed by atoms with van der Waals surface area (Å²) >= 11 is 0. The topological polar surface area (TPSA) is 93.4 Å². The van der Waals surface area contributed by atoms with Crippen LogP contribution in [0.4, 0.5) is 4.79 Å². The van der Waals surface area contributed by atoms with E-state index in [1.165, 1.54) is 0 Å².